The Bertz CT molecular complexity index is 906. The van der Waals surface area contributed by atoms with Crippen LogP contribution in [0.2, 0.25) is 0 Å². The van der Waals surface area contributed by atoms with Gasteiger partial charge in [-0.25, -0.2) is 4.98 Å². The fraction of sp³-hybridized carbons (Fsp3) is 0.370. The average molecular weight is 450 g/mol. The van der Waals surface area contributed by atoms with E-state index in [0.29, 0.717) is 13.1 Å². The van der Waals surface area contributed by atoms with Crippen LogP contribution in [0.5, 0.6) is 11.5 Å². The summed E-state index contributed by atoms with van der Waals surface area (Å²) in [6.07, 6.45) is 4.65. The van der Waals surface area contributed by atoms with Crippen LogP contribution in [0.1, 0.15) is 37.3 Å². The van der Waals surface area contributed by atoms with Gasteiger partial charge in [-0.15, -0.1) is 0 Å². The van der Waals surface area contributed by atoms with Crippen LogP contribution in [-0.2, 0) is 13.1 Å². The molecule has 1 atom stereocenters. The van der Waals surface area contributed by atoms with Crippen molar-refractivity contribution < 1.29 is 14.6 Å². The Hall–Kier alpha value is -3.25. The van der Waals surface area contributed by atoms with Crippen molar-refractivity contribution in [1.82, 2.24) is 4.98 Å². The number of hydrogen-bond donors (Lipinski definition) is 2. The fourth-order valence-electron chi connectivity index (χ4n) is 3.83. The van der Waals surface area contributed by atoms with E-state index in [1.807, 2.05) is 36.5 Å². The largest absolute Gasteiger partial charge is 0.497 e. The van der Waals surface area contributed by atoms with E-state index in [-0.39, 0.29) is 12.6 Å². The summed E-state index contributed by atoms with van der Waals surface area (Å²) in [6, 6.07) is 20.6. The minimum absolute atomic E-state index is 0.177. The number of nitrogens with one attached hydrogen (secondary N) is 1. The second-order valence-corrected chi connectivity index (χ2v) is 8.10. The molecule has 6 nitrogen and oxygen atoms in total. The molecule has 33 heavy (non-hydrogen) atoms. The normalized spacial score (nSPS) is 11.6. The van der Waals surface area contributed by atoms with Crippen LogP contribution in [0, 0.1) is 0 Å². The Morgan fingerprint density at radius 3 is 1.94 bits per heavy atom. The summed E-state index contributed by atoms with van der Waals surface area (Å²) >= 11 is 0. The third-order valence-corrected chi connectivity index (χ3v) is 5.62. The zero-order valence-electron chi connectivity index (χ0n) is 19.8. The summed E-state index contributed by atoms with van der Waals surface area (Å²) in [7, 11) is 3.35. The van der Waals surface area contributed by atoms with Gasteiger partial charge in [0.15, 0.2) is 0 Å². The van der Waals surface area contributed by atoms with Gasteiger partial charge in [0.25, 0.3) is 0 Å². The predicted octanol–water partition coefficient (Wildman–Crippen LogP) is 5.27. The van der Waals surface area contributed by atoms with Gasteiger partial charge in [0.05, 0.1) is 14.2 Å². The Morgan fingerprint density at radius 2 is 1.45 bits per heavy atom. The van der Waals surface area contributed by atoms with Crippen molar-refractivity contribution >= 4 is 11.5 Å². The molecule has 0 spiro atoms. The van der Waals surface area contributed by atoms with E-state index in [4.69, 9.17) is 9.47 Å². The summed E-state index contributed by atoms with van der Waals surface area (Å²) in [4.78, 5) is 6.95. The number of benzene rings is 2. The van der Waals surface area contributed by atoms with Gasteiger partial charge in [-0.05, 0) is 54.3 Å². The molecule has 3 aromatic rings. The monoisotopic (exact) mass is 449 g/mol. The molecule has 0 radical (unpaired) electrons. The quantitative estimate of drug-likeness (QED) is 0.371. The first-order valence-corrected chi connectivity index (χ1v) is 11.5. The van der Waals surface area contributed by atoms with E-state index in [1.165, 1.54) is 11.1 Å². The number of methoxy groups -OCH3 is 2. The third-order valence-electron chi connectivity index (χ3n) is 5.62. The van der Waals surface area contributed by atoms with Gasteiger partial charge in [0.1, 0.15) is 17.3 Å². The lowest BCUT2D eigenvalue weighted by Crippen LogP contribution is -2.24. The lowest BCUT2D eigenvalue weighted by Gasteiger charge is -2.26. The Morgan fingerprint density at radius 1 is 0.879 bits per heavy atom. The third kappa shape index (κ3) is 7.39. The molecule has 0 aliphatic carbocycles. The van der Waals surface area contributed by atoms with E-state index in [1.54, 1.807) is 14.2 Å². The first kappa shape index (κ1) is 24.4. The second-order valence-electron chi connectivity index (χ2n) is 8.10. The van der Waals surface area contributed by atoms with Gasteiger partial charge in [-0.1, -0.05) is 37.6 Å². The molecule has 0 bridgehead atoms. The summed E-state index contributed by atoms with van der Waals surface area (Å²) in [5.74, 6) is 2.58. The number of aliphatic hydroxyl groups is 1. The molecule has 176 valence electrons. The maximum Gasteiger partial charge on any atom is 0.131 e. The molecule has 0 saturated heterocycles. The lowest BCUT2D eigenvalue weighted by molar-refractivity contribution is 0.276. The van der Waals surface area contributed by atoms with Crippen molar-refractivity contribution in [1.29, 1.82) is 0 Å². The van der Waals surface area contributed by atoms with Crippen LogP contribution in [0.4, 0.5) is 11.5 Å². The molecule has 1 heterocycles. The highest BCUT2D eigenvalue weighted by atomic mass is 16.5. The lowest BCUT2D eigenvalue weighted by atomic mass is 10.1. The molecule has 0 amide bonds. The molecule has 0 saturated carbocycles. The van der Waals surface area contributed by atoms with E-state index in [0.717, 1.165) is 42.3 Å². The number of hydrogen-bond acceptors (Lipinski definition) is 6. The highest BCUT2D eigenvalue weighted by Gasteiger charge is 2.13. The van der Waals surface area contributed by atoms with Gasteiger partial charge in [0, 0.05) is 43.7 Å². The van der Waals surface area contributed by atoms with Gasteiger partial charge >= 0.3 is 0 Å². The maximum absolute atomic E-state index is 9.41. The van der Waals surface area contributed by atoms with Crippen LogP contribution in [0.3, 0.4) is 0 Å². The Balaban J connectivity index is 1.85. The van der Waals surface area contributed by atoms with E-state index < -0.39 is 0 Å². The average Bonchev–Trinajstić information content (AvgIpc) is 2.85. The van der Waals surface area contributed by atoms with E-state index >= 15 is 0 Å². The van der Waals surface area contributed by atoms with E-state index in [9.17, 15) is 5.11 Å². The summed E-state index contributed by atoms with van der Waals surface area (Å²) in [6.45, 7) is 3.76. The first-order chi connectivity index (χ1) is 16.1. The Kier molecular flexibility index (Phi) is 9.39. The molecule has 6 heteroatoms. The number of aromatic nitrogens is 1. The molecule has 0 fully saturated rings. The van der Waals surface area contributed by atoms with E-state index in [2.05, 4.69) is 52.5 Å². The molecule has 2 N–H and O–H groups in total. The molecule has 0 aliphatic heterocycles. The number of nitrogens with zero attached hydrogens (tertiary/aromatic N) is 2. The number of anilines is 2. The zero-order valence-corrected chi connectivity index (χ0v) is 19.8. The minimum atomic E-state index is 0.177. The summed E-state index contributed by atoms with van der Waals surface area (Å²) < 4.78 is 10.6. The number of ether oxygens (including phenoxy) is 2. The highest BCUT2D eigenvalue weighted by Crippen LogP contribution is 2.24. The molecule has 3 rings (SSSR count). The van der Waals surface area contributed by atoms with Gasteiger partial charge in [-0.3, -0.25) is 0 Å². The van der Waals surface area contributed by atoms with Crippen molar-refractivity contribution in [2.24, 2.45) is 0 Å². The fourth-order valence-corrected chi connectivity index (χ4v) is 3.83. The topological polar surface area (TPSA) is 66.9 Å². The summed E-state index contributed by atoms with van der Waals surface area (Å²) in [5.41, 5.74) is 3.36. The van der Waals surface area contributed by atoms with Crippen LogP contribution < -0.4 is 19.7 Å². The maximum atomic E-state index is 9.41. The smallest absolute Gasteiger partial charge is 0.131 e. The number of pyridine rings is 1. The van der Waals surface area contributed by atoms with Crippen LogP contribution in [-0.4, -0.2) is 37.0 Å². The predicted molar refractivity (Wildman–Crippen MR) is 134 cm³/mol. The number of rotatable bonds is 13. The Labute approximate surface area is 197 Å². The van der Waals surface area contributed by atoms with Crippen molar-refractivity contribution in [3.05, 3.63) is 78.0 Å². The van der Waals surface area contributed by atoms with Crippen LogP contribution >= 0.6 is 0 Å². The highest BCUT2D eigenvalue weighted by molar-refractivity contribution is 5.54. The molecule has 2 aromatic carbocycles. The molecule has 0 aliphatic rings. The zero-order chi connectivity index (χ0) is 23.5. The molecular formula is C27H35N3O3. The SMILES string of the molecule is CCC[C@@H](CCO)Nc1ccnc(N(Cc2ccc(OC)cc2)Cc2ccc(OC)cc2)c1. The van der Waals surface area contributed by atoms with Crippen molar-refractivity contribution in [2.75, 3.05) is 31.0 Å². The molecule has 0 unspecified atom stereocenters. The van der Waals surface area contributed by atoms with Gasteiger partial charge in [-0.2, -0.15) is 0 Å². The van der Waals surface area contributed by atoms with Crippen LogP contribution in [0.25, 0.3) is 0 Å². The van der Waals surface area contributed by atoms with Gasteiger partial charge < -0.3 is 24.8 Å². The standard InChI is InChI=1S/C27H35N3O3/c1-4-5-23(15-17-31)29-24-14-16-28-27(18-24)30(19-21-6-10-25(32-2)11-7-21)20-22-8-12-26(33-3)13-9-22/h6-14,16,18,23,31H,4-5,15,17,19-20H2,1-3H3,(H,28,29)/t23-/m0/s1. The van der Waals surface area contributed by atoms with Gasteiger partial charge in [0.2, 0.25) is 0 Å². The summed E-state index contributed by atoms with van der Waals surface area (Å²) in [5, 5.41) is 13.0. The second kappa shape index (κ2) is 12.7. The van der Waals surface area contributed by atoms with Crippen molar-refractivity contribution in [3.8, 4) is 11.5 Å². The van der Waals surface area contributed by atoms with Crippen LogP contribution in [0.15, 0.2) is 66.9 Å². The molecule has 1 aromatic heterocycles. The van der Waals surface area contributed by atoms with Crippen molar-refractivity contribution in [3.63, 3.8) is 0 Å². The first-order valence-electron chi connectivity index (χ1n) is 11.5. The van der Waals surface area contributed by atoms with Crippen molar-refractivity contribution in [2.45, 2.75) is 45.3 Å². The molecular weight excluding hydrogens is 414 g/mol. The minimum Gasteiger partial charge on any atom is -0.497 e. The number of aliphatic hydroxyl groups excluding tert-OH is 1.